The third-order valence-corrected chi connectivity index (χ3v) is 9.41. The number of carbonyl (C=O) groups is 1. The van der Waals surface area contributed by atoms with Gasteiger partial charge in [-0.2, -0.15) is 4.31 Å². The van der Waals surface area contributed by atoms with Crippen molar-refractivity contribution in [3.05, 3.63) is 53.6 Å². The summed E-state index contributed by atoms with van der Waals surface area (Å²) in [7, 11) is -2.05. The highest BCUT2D eigenvalue weighted by molar-refractivity contribution is 7.89. The average Bonchev–Trinajstić information content (AvgIpc) is 2.92. The van der Waals surface area contributed by atoms with Crippen LogP contribution >= 0.6 is 0 Å². The summed E-state index contributed by atoms with van der Waals surface area (Å²) in [6.45, 7) is 7.65. The number of fused-ring (bicyclic) bond motifs is 1. The Hall–Kier alpha value is -2.58. The molecule has 0 spiro atoms. The van der Waals surface area contributed by atoms with Crippen LogP contribution in [0.15, 0.2) is 47.4 Å². The van der Waals surface area contributed by atoms with Crippen LogP contribution in [0.4, 0.5) is 5.69 Å². The maximum Gasteiger partial charge on any atom is 0.243 e. The van der Waals surface area contributed by atoms with Crippen molar-refractivity contribution in [3.8, 4) is 5.75 Å². The van der Waals surface area contributed by atoms with E-state index in [1.54, 1.807) is 29.6 Å². The zero-order valence-electron chi connectivity index (χ0n) is 21.8. The summed E-state index contributed by atoms with van der Waals surface area (Å²) < 4.78 is 34.3. The summed E-state index contributed by atoms with van der Waals surface area (Å²) >= 11 is 0. The summed E-state index contributed by atoms with van der Waals surface area (Å²) in [5.74, 6) is 0.987. The number of anilines is 1. The lowest BCUT2D eigenvalue weighted by atomic mass is 9.97. The number of sulfonamides is 1. The van der Waals surface area contributed by atoms with Gasteiger partial charge in [0.1, 0.15) is 5.75 Å². The van der Waals surface area contributed by atoms with E-state index in [0.29, 0.717) is 51.4 Å². The van der Waals surface area contributed by atoms with E-state index < -0.39 is 10.0 Å². The van der Waals surface area contributed by atoms with Gasteiger partial charge in [0.05, 0.1) is 17.7 Å². The maximum atomic E-state index is 13.6. The van der Waals surface area contributed by atoms with Crippen LogP contribution < -0.4 is 9.64 Å². The number of nitrogens with zero attached hydrogens (tertiary/aromatic N) is 3. The Balaban J connectivity index is 1.49. The number of hydrogen-bond acceptors (Lipinski definition) is 5. The molecule has 1 saturated heterocycles. The van der Waals surface area contributed by atoms with E-state index >= 15 is 0 Å². The van der Waals surface area contributed by atoms with Crippen molar-refractivity contribution in [3.63, 3.8) is 0 Å². The Bertz CT molecular complexity index is 1160. The second-order valence-corrected chi connectivity index (χ2v) is 11.7. The highest BCUT2D eigenvalue weighted by Gasteiger charge is 2.31. The van der Waals surface area contributed by atoms with Crippen molar-refractivity contribution in [2.75, 3.05) is 44.7 Å². The largest absolute Gasteiger partial charge is 0.495 e. The first-order valence-electron chi connectivity index (χ1n) is 13.2. The Morgan fingerprint density at radius 1 is 1.00 bits per heavy atom. The van der Waals surface area contributed by atoms with Crippen LogP contribution in [0.5, 0.6) is 5.75 Å². The molecule has 0 N–H and O–H groups in total. The van der Waals surface area contributed by atoms with Gasteiger partial charge in [-0.3, -0.25) is 4.79 Å². The van der Waals surface area contributed by atoms with Crippen molar-refractivity contribution in [1.29, 1.82) is 0 Å². The topological polar surface area (TPSA) is 70.2 Å². The monoisotopic (exact) mass is 513 g/mol. The molecule has 2 heterocycles. The van der Waals surface area contributed by atoms with Gasteiger partial charge in [-0.25, -0.2) is 8.42 Å². The van der Waals surface area contributed by atoms with Crippen molar-refractivity contribution < 1.29 is 17.9 Å². The average molecular weight is 514 g/mol. The van der Waals surface area contributed by atoms with Gasteiger partial charge in [0.2, 0.25) is 15.9 Å². The zero-order valence-corrected chi connectivity index (χ0v) is 22.6. The minimum absolute atomic E-state index is 0.0918. The van der Waals surface area contributed by atoms with E-state index in [4.69, 9.17) is 4.74 Å². The van der Waals surface area contributed by atoms with Crippen LogP contribution in [-0.4, -0.2) is 63.4 Å². The molecule has 2 aliphatic heterocycles. The minimum atomic E-state index is -3.65. The SMILES string of the molecule is CCCC[C@@H](CC)C(=O)N1CCN(c2cc(S(=O)(=O)N3CCc4ccccc4C3)ccc2OC)CC1. The first-order valence-corrected chi connectivity index (χ1v) is 14.6. The maximum absolute atomic E-state index is 13.6. The van der Waals surface area contributed by atoms with Crippen LogP contribution in [-0.2, 0) is 27.8 Å². The van der Waals surface area contributed by atoms with Crippen LogP contribution in [0.3, 0.4) is 0 Å². The first kappa shape index (κ1) is 26.5. The molecular formula is C28H39N3O4S. The normalized spacial score (nSPS) is 17.5. The predicted molar refractivity (Wildman–Crippen MR) is 143 cm³/mol. The highest BCUT2D eigenvalue weighted by Crippen LogP contribution is 2.34. The smallest absolute Gasteiger partial charge is 0.243 e. The van der Waals surface area contributed by atoms with Crippen LogP contribution in [0.2, 0.25) is 0 Å². The third kappa shape index (κ3) is 5.54. The molecule has 2 aromatic rings. The second kappa shape index (κ2) is 11.6. The third-order valence-electron chi connectivity index (χ3n) is 7.56. The fourth-order valence-corrected chi connectivity index (χ4v) is 6.72. The number of unbranched alkanes of at least 4 members (excludes halogenated alkanes) is 1. The molecule has 0 radical (unpaired) electrons. The van der Waals surface area contributed by atoms with Crippen molar-refractivity contribution in [2.24, 2.45) is 5.92 Å². The number of benzene rings is 2. The predicted octanol–water partition coefficient (Wildman–Crippen LogP) is 4.31. The number of hydrogen-bond donors (Lipinski definition) is 0. The standard InChI is InChI=1S/C28H39N3O4S/c1-4-6-9-22(5-2)28(32)30-18-16-29(17-19-30)26-20-25(12-13-27(26)35-3)36(33,34)31-15-14-23-10-7-8-11-24(23)21-31/h7-8,10-13,20,22H,4-6,9,14-19,21H2,1-3H3/t22-/m1/s1. The summed E-state index contributed by atoms with van der Waals surface area (Å²) in [4.78, 5) is 17.4. The van der Waals surface area contributed by atoms with Crippen LogP contribution in [0.25, 0.3) is 0 Å². The van der Waals surface area contributed by atoms with E-state index in [-0.39, 0.29) is 16.7 Å². The molecule has 1 amide bonds. The molecule has 0 saturated carbocycles. The van der Waals surface area contributed by atoms with E-state index in [0.717, 1.165) is 36.9 Å². The molecule has 1 fully saturated rings. The minimum Gasteiger partial charge on any atom is -0.495 e. The molecule has 7 nitrogen and oxygen atoms in total. The van der Waals surface area contributed by atoms with Crippen LogP contribution in [0.1, 0.15) is 50.7 Å². The van der Waals surface area contributed by atoms with Gasteiger partial charge in [-0.15, -0.1) is 0 Å². The van der Waals surface area contributed by atoms with Crippen LogP contribution in [0, 0.1) is 5.92 Å². The Morgan fingerprint density at radius 3 is 2.39 bits per heavy atom. The molecule has 0 aromatic heterocycles. The van der Waals surface area contributed by atoms with Gasteiger partial charge < -0.3 is 14.5 Å². The van der Waals surface area contributed by atoms with Gasteiger partial charge in [-0.1, -0.05) is 51.0 Å². The van der Waals surface area contributed by atoms with Gasteiger partial charge in [0.25, 0.3) is 0 Å². The molecule has 0 unspecified atom stereocenters. The number of ether oxygens (including phenoxy) is 1. The quantitative estimate of drug-likeness (QED) is 0.500. The van der Waals surface area contributed by atoms with Crippen molar-refractivity contribution in [2.45, 2.75) is 57.4 Å². The Kier molecular flexibility index (Phi) is 8.57. The van der Waals surface area contributed by atoms with E-state index in [9.17, 15) is 13.2 Å². The number of rotatable bonds is 9. The molecule has 196 valence electrons. The van der Waals surface area contributed by atoms with E-state index in [1.807, 2.05) is 23.1 Å². The number of carbonyl (C=O) groups excluding carboxylic acids is 1. The molecule has 2 aliphatic rings. The summed E-state index contributed by atoms with van der Waals surface area (Å²) in [5, 5.41) is 0. The highest BCUT2D eigenvalue weighted by atomic mass is 32.2. The Morgan fingerprint density at radius 2 is 1.72 bits per heavy atom. The molecular weight excluding hydrogens is 474 g/mol. The first-order chi connectivity index (χ1) is 17.4. The lowest BCUT2D eigenvalue weighted by Gasteiger charge is -2.38. The summed E-state index contributed by atoms with van der Waals surface area (Å²) in [5.41, 5.74) is 3.04. The van der Waals surface area contributed by atoms with Crippen molar-refractivity contribution in [1.82, 2.24) is 9.21 Å². The fraction of sp³-hybridized carbons (Fsp3) is 0.536. The lowest BCUT2D eigenvalue weighted by molar-refractivity contribution is -0.136. The summed E-state index contributed by atoms with van der Waals surface area (Å²) in [6.07, 6.45) is 4.70. The molecule has 36 heavy (non-hydrogen) atoms. The molecule has 2 aromatic carbocycles. The summed E-state index contributed by atoms with van der Waals surface area (Å²) in [6, 6.07) is 13.1. The molecule has 0 aliphatic carbocycles. The van der Waals surface area contributed by atoms with Gasteiger partial charge >= 0.3 is 0 Å². The number of amides is 1. The molecule has 8 heteroatoms. The van der Waals surface area contributed by atoms with Crippen molar-refractivity contribution >= 4 is 21.6 Å². The number of methoxy groups -OCH3 is 1. The molecule has 4 rings (SSSR count). The zero-order chi connectivity index (χ0) is 25.7. The second-order valence-electron chi connectivity index (χ2n) is 9.75. The molecule has 1 atom stereocenters. The van der Waals surface area contributed by atoms with Gasteiger partial charge in [0, 0.05) is 45.2 Å². The number of piperazine rings is 1. The fourth-order valence-electron chi connectivity index (χ4n) is 5.28. The van der Waals surface area contributed by atoms with Gasteiger partial charge in [0.15, 0.2) is 0 Å². The Labute approximate surface area is 216 Å². The van der Waals surface area contributed by atoms with Gasteiger partial charge in [-0.05, 0) is 48.6 Å². The lowest BCUT2D eigenvalue weighted by Crippen LogP contribution is -2.50. The molecule has 0 bridgehead atoms. The van der Waals surface area contributed by atoms with E-state index in [1.165, 1.54) is 5.56 Å². The van der Waals surface area contributed by atoms with E-state index in [2.05, 4.69) is 24.8 Å².